The Kier molecular flexibility index (Phi) is 4.16. The maximum absolute atomic E-state index is 9.28. The zero-order chi connectivity index (χ0) is 14.5. The molecule has 1 aromatic carbocycles. The Morgan fingerprint density at radius 2 is 1.80 bits per heavy atom. The number of nitrogens with zero attached hydrogens (tertiary/aromatic N) is 4. The Bertz CT molecular complexity index is 627. The van der Waals surface area contributed by atoms with Crippen LogP contribution in [0.1, 0.15) is 19.4 Å². The number of aromatic nitrogens is 2. The number of nitrogens with two attached hydrogens (primary N) is 1. The number of anilines is 2. The molecular weight excluding hydrogens is 250 g/mol. The number of nitrogen functional groups attached to an aromatic ring is 1. The van der Waals surface area contributed by atoms with E-state index in [9.17, 15) is 5.26 Å². The van der Waals surface area contributed by atoms with Crippen LogP contribution in [0, 0.1) is 11.3 Å². The van der Waals surface area contributed by atoms with Gasteiger partial charge in [-0.1, -0.05) is 30.3 Å². The van der Waals surface area contributed by atoms with Crippen molar-refractivity contribution in [3.8, 4) is 17.3 Å². The SMILES string of the molecule is CCN(CC)c1nc(N)c(C#N)c(-c2ccccc2)n1. The molecule has 1 aromatic heterocycles. The summed E-state index contributed by atoms with van der Waals surface area (Å²) < 4.78 is 0. The van der Waals surface area contributed by atoms with E-state index in [1.807, 2.05) is 49.1 Å². The molecule has 2 aromatic rings. The minimum Gasteiger partial charge on any atom is -0.382 e. The standard InChI is InChI=1S/C15H17N5/c1-3-20(4-2)15-18-13(11-8-6-5-7-9-11)12(10-16)14(17)19-15/h5-9H,3-4H2,1-2H3,(H2,17,18,19). The van der Waals surface area contributed by atoms with Gasteiger partial charge < -0.3 is 10.6 Å². The van der Waals surface area contributed by atoms with Crippen LogP contribution in [0.2, 0.25) is 0 Å². The lowest BCUT2D eigenvalue weighted by Gasteiger charge is -2.20. The van der Waals surface area contributed by atoms with E-state index in [0.29, 0.717) is 17.2 Å². The fourth-order valence-corrected chi connectivity index (χ4v) is 2.03. The fraction of sp³-hybridized carbons (Fsp3) is 0.267. The van der Waals surface area contributed by atoms with Crippen molar-refractivity contribution >= 4 is 11.8 Å². The second-order valence-electron chi connectivity index (χ2n) is 4.28. The van der Waals surface area contributed by atoms with Crippen molar-refractivity contribution < 1.29 is 0 Å². The van der Waals surface area contributed by atoms with Gasteiger partial charge >= 0.3 is 0 Å². The van der Waals surface area contributed by atoms with E-state index in [1.54, 1.807) is 0 Å². The molecule has 0 amide bonds. The molecule has 0 saturated heterocycles. The highest BCUT2D eigenvalue weighted by Crippen LogP contribution is 2.26. The molecule has 0 bridgehead atoms. The Morgan fingerprint density at radius 3 is 2.35 bits per heavy atom. The highest BCUT2D eigenvalue weighted by Gasteiger charge is 2.16. The van der Waals surface area contributed by atoms with Gasteiger partial charge in [-0.3, -0.25) is 0 Å². The summed E-state index contributed by atoms with van der Waals surface area (Å²) >= 11 is 0. The topological polar surface area (TPSA) is 78.8 Å². The lowest BCUT2D eigenvalue weighted by atomic mass is 10.1. The summed E-state index contributed by atoms with van der Waals surface area (Å²) in [5.74, 6) is 0.786. The molecule has 0 aliphatic rings. The molecule has 5 heteroatoms. The summed E-state index contributed by atoms with van der Waals surface area (Å²) in [4.78, 5) is 10.8. The van der Waals surface area contributed by atoms with Gasteiger partial charge in [0.2, 0.25) is 5.95 Å². The Labute approximate surface area is 118 Å². The van der Waals surface area contributed by atoms with Crippen LogP contribution in [-0.4, -0.2) is 23.1 Å². The smallest absolute Gasteiger partial charge is 0.227 e. The van der Waals surface area contributed by atoms with E-state index in [4.69, 9.17) is 5.73 Å². The third-order valence-corrected chi connectivity index (χ3v) is 3.13. The van der Waals surface area contributed by atoms with Gasteiger partial charge in [-0.25, -0.2) is 4.98 Å². The normalized spacial score (nSPS) is 10.1. The molecule has 20 heavy (non-hydrogen) atoms. The van der Waals surface area contributed by atoms with Crippen LogP contribution in [0.5, 0.6) is 0 Å². The molecule has 1 heterocycles. The van der Waals surface area contributed by atoms with E-state index in [1.165, 1.54) is 0 Å². The maximum Gasteiger partial charge on any atom is 0.227 e. The largest absolute Gasteiger partial charge is 0.382 e. The molecular formula is C15H17N5. The fourth-order valence-electron chi connectivity index (χ4n) is 2.03. The molecule has 0 radical (unpaired) electrons. The summed E-state index contributed by atoms with van der Waals surface area (Å²) in [7, 11) is 0. The molecule has 0 unspecified atom stereocenters. The van der Waals surface area contributed by atoms with Crippen LogP contribution in [0.4, 0.5) is 11.8 Å². The second kappa shape index (κ2) is 6.02. The first-order valence-corrected chi connectivity index (χ1v) is 6.59. The van der Waals surface area contributed by atoms with E-state index in [2.05, 4.69) is 16.0 Å². The van der Waals surface area contributed by atoms with Crippen molar-refractivity contribution in [1.29, 1.82) is 5.26 Å². The molecule has 2 N–H and O–H groups in total. The third-order valence-electron chi connectivity index (χ3n) is 3.13. The summed E-state index contributed by atoms with van der Waals surface area (Å²) in [6.45, 7) is 5.64. The summed E-state index contributed by atoms with van der Waals surface area (Å²) in [6.07, 6.45) is 0. The zero-order valence-corrected chi connectivity index (χ0v) is 11.7. The number of nitriles is 1. The highest BCUT2D eigenvalue weighted by molar-refractivity contribution is 5.73. The lowest BCUT2D eigenvalue weighted by Crippen LogP contribution is -2.25. The van der Waals surface area contributed by atoms with E-state index in [0.717, 1.165) is 18.7 Å². The molecule has 5 nitrogen and oxygen atoms in total. The molecule has 0 atom stereocenters. The van der Waals surface area contributed by atoms with Gasteiger partial charge in [0.05, 0.1) is 5.69 Å². The van der Waals surface area contributed by atoms with Crippen molar-refractivity contribution in [1.82, 2.24) is 9.97 Å². The third kappa shape index (κ3) is 2.54. The molecule has 2 rings (SSSR count). The van der Waals surface area contributed by atoms with E-state index >= 15 is 0 Å². The van der Waals surface area contributed by atoms with Crippen molar-refractivity contribution in [2.75, 3.05) is 23.7 Å². The van der Waals surface area contributed by atoms with Crippen LogP contribution in [-0.2, 0) is 0 Å². The average Bonchev–Trinajstić information content (AvgIpc) is 2.49. The number of benzene rings is 1. The monoisotopic (exact) mass is 267 g/mol. The summed E-state index contributed by atoms with van der Waals surface area (Å²) in [5.41, 5.74) is 7.70. The molecule has 0 aliphatic heterocycles. The van der Waals surface area contributed by atoms with Crippen LogP contribution in [0.15, 0.2) is 30.3 Å². The molecule has 0 fully saturated rings. The first kappa shape index (κ1) is 13.8. The Hall–Kier alpha value is -2.61. The predicted octanol–water partition coefficient (Wildman–Crippen LogP) is 2.44. The van der Waals surface area contributed by atoms with Crippen LogP contribution >= 0.6 is 0 Å². The number of hydrogen-bond donors (Lipinski definition) is 1. The van der Waals surface area contributed by atoms with Gasteiger partial charge in [-0.2, -0.15) is 10.2 Å². The predicted molar refractivity (Wildman–Crippen MR) is 80.2 cm³/mol. The van der Waals surface area contributed by atoms with Gasteiger partial charge in [0, 0.05) is 18.7 Å². The van der Waals surface area contributed by atoms with E-state index < -0.39 is 0 Å². The molecule has 0 spiro atoms. The zero-order valence-electron chi connectivity index (χ0n) is 11.7. The minimum atomic E-state index is 0.225. The van der Waals surface area contributed by atoms with Gasteiger partial charge in [0.1, 0.15) is 17.5 Å². The van der Waals surface area contributed by atoms with Crippen LogP contribution in [0.25, 0.3) is 11.3 Å². The first-order valence-electron chi connectivity index (χ1n) is 6.59. The Morgan fingerprint density at radius 1 is 1.15 bits per heavy atom. The van der Waals surface area contributed by atoms with Crippen molar-refractivity contribution in [2.24, 2.45) is 0 Å². The van der Waals surface area contributed by atoms with Crippen molar-refractivity contribution in [3.05, 3.63) is 35.9 Å². The number of hydrogen-bond acceptors (Lipinski definition) is 5. The van der Waals surface area contributed by atoms with Crippen LogP contribution in [0.3, 0.4) is 0 Å². The van der Waals surface area contributed by atoms with E-state index in [-0.39, 0.29) is 5.82 Å². The van der Waals surface area contributed by atoms with Gasteiger partial charge in [0.15, 0.2) is 0 Å². The molecule has 102 valence electrons. The minimum absolute atomic E-state index is 0.225. The molecule has 0 aliphatic carbocycles. The second-order valence-corrected chi connectivity index (χ2v) is 4.28. The van der Waals surface area contributed by atoms with Crippen LogP contribution < -0.4 is 10.6 Å². The van der Waals surface area contributed by atoms with Crippen molar-refractivity contribution in [3.63, 3.8) is 0 Å². The van der Waals surface area contributed by atoms with Gasteiger partial charge in [-0.15, -0.1) is 0 Å². The van der Waals surface area contributed by atoms with Crippen molar-refractivity contribution in [2.45, 2.75) is 13.8 Å². The number of rotatable bonds is 4. The lowest BCUT2D eigenvalue weighted by molar-refractivity contribution is 0.823. The first-order chi connectivity index (χ1) is 9.71. The Balaban J connectivity index is 2.63. The summed E-state index contributed by atoms with van der Waals surface area (Å²) in [5, 5.41) is 9.28. The van der Waals surface area contributed by atoms with Gasteiger partial charge in [0.25, 0.3) is 0 Å². The van der Waals surface area contributed by atoms with Gasteiger partial charge in [-0.05, 0) is 13.8 Å². The average molecular weight is 267 g/mol. The molecule has 0 saturated carbocycles. The quantitative estimate of drug-likeness (QED) is 0.920. The highest BCUT2D eigenvalue weighted by atomic mass is 15.3. The maximum atomic E-state index is 9.28. The summed E-state index contributed by atoms with van der Waals surface area (Å²) in [6, 6.07) is 11.7.